The fourth-order valence-corrected chi connectivity index (χ4v) is 3.09. The fraction of sp³-hybridized carbons (Fsp3) is 0.0909. The van der Waals surface area contributed by atoms with Crippen molar-refractivity contribution < 1.29 is 27.5 Å². The van der Waals surface area contributed by atoms with Gasteiger partial charge in [-0.1, -0.05) is 29.8 Å². The molecule has 0 aliphatic rings. The fourth-order valence-electron chi connectivity index (χ4n) is 2.57. The number of nitrogens with two attached hydrogens (primary N) is 1. The first-order chi connectivity index (χ1) is 14.7. The van der Waals surface area contributed by atoms with E-state index in [0.29, 0.717) is 17.2 Å². The summed E-state index contributed by atoms with van der Waals surface area (Å²) in [5.41, 5.74) is 1.60. The Morgan fingerprint density at radius 3 is 2.23 bits per heavy atom. The molecule has 0 saturated carbocycles. The van der Waals surface area contributed by atoms with Crippen molar-refractivity contribution in [3.8, 4) is 11.5 Å². The smallest absolute Gasteiger partial charge is 0.338 e. The number of ether oxygens (including phenoxy) is 2. The molecule has 0 fully saturated rings. The molecule has 1 amide bonds. The van der Waals surface area contributed by atoms with Crippen molar-refractivity contribution in [2.24, 2.45) is 5.14 Å². The van der Waals surface area contributed by atoms with Crippen LogP contribution in [0.4, 0.5) is 5.69 Å². The van der Waals surface area contributed by atoms with E-state index in [2.05, 4.69) is 5.32 Å². The van der Waals surface area contributed by atoms with E-state index in [9.17, 15) is 18.0 Å². The van der Waals surface area contributed by atoms with E-state index < -0.39 is 28.5 Å². The largest absolute Gasteiger partial charge is 0.455 e. The van der Waals surface area contributed by atoms with Crippen LogP contribution >= 0.6 is 0 Å². The zero-order valence-corrected chi connectivity index (χ0v) is 17.4. The van der Waals surface area contributed by atoms with Gasteiger partial charge in [0.25, 0.3) is 5.91 Å². The third-order valence-electron chi connectivity index (χ3n) is 4.16. The maximum absolute atomic E-state index is 12.2. The summed E-state index contributed by atoms with van der Waals surface area (Å²) in [4.78, 5) is 24.2. The number of amides is 1. The van der Waals surface area contributed by atoms with E-state index in [1.807, 2.05) is 31.2 Å². The highest BCUT2D eigenvalue weighted by molar-refractivity contribution is 7.89. The number of hydrogen-bond donors (Lipinski definition) is 2. The van der Waals surface area contributed by atoms with Gasteiger partial charge in [-0.3, -0.25) is 4.79 Å². The van der Waals surface area contributed by atoms with Gasteiger partial charge < -0.3 is 14.8 Å². The quantitative estimate of drug-likeness (QED) is 0.544. The van der Waals surface area contributed by atoms with E-state index in [4.69, 9.17) is 14.6 Å². The van der Waals surface area contributed by atoms with Crippen LogP contribution in [0.2, 0.25) is 0 Å². The standard InChI is InChI=1S/C22H20N2O6S/c1-15-6-10-17(11-7-15)30-20-5-3-2-4-19(20)24-21(25)14-29-22(26)16-8-12-18(13-9-16)31(23,27)28/h2-13H,14H2,1H3,(H,24,25)(H2,23,27,28). The van der Waals surface area contributed by atoms with Crippen LogP contribution in [0.15, 0.2) is 77.7 Å². The maximum atomic E-state index is 12.2. The Labute approximate surface area is 179 Å². The minimum atomic E-state index is -3.86. The molecule has 3 N–H and O–H groups in total. The summed E-state index contributed by atoms with van der Waals surface area (Å²) >= 11 is 0. The van der Waals surface area contributed by atoms with Gasteiger partial charge in [0.1, 0.15) is 5.75 Å². The summed E-state index contributed by atoms with van der Waals surface area (Å²) in [7, 11) is -3.86. The highest BCUT2D eigenvalue weighted by Crippen LogP contribution is 2.29. The number of carbonyl (C=O) groups is 2. The van der Waals surface area contributed by atoms with Crippen LogP contribution in [-0.2, 0) is 19.6 Å². The van der Waals surface area contributed by atoms with Crippen molar-refractivity contribution in [1.82, 2.24) is 0 Å². The number of aryl methyl sites for hydroxylation is 1. The zero-order valence-electron chi connectivity index (χ0n) is 16.6. The molecule has 0 atom stereocenters. The number of rotatable bonds is 7. The van der Waals surface area contributed by atoms with Gasteiger partial charge in [0.15, 0.2) is 12.4 Å². The normalized spacial score (nSPS) is 10.9. The van der Waals surface area contributed by atoms with Crippen LogP contribution < -0.4 is 15.2 Å². The third-order valence-corrected chi connectivity index (χ3v) is 5.09. The second-order valence-corrected chi connectivity index (χ2v) is 8.17. The van der Waals surface area contributed by atoms with E-state index in [0.717, 1.165) is 5.56 Å². The molecule has 0 unspecified atom stereocenters. The van der Waals surface area contributed by atoms with E-state index in [1.165, 1.54) is 24.3 Å². The molecule has 0 bridgehead atoms. The van der Waals surface area contributed by atoms with Gasteiger partial charge in [0.05, 0.1) is 16.1 Å². The van der Waals surface area contributed by atoms with Gasteiger partial charge in [-0.2, -0.15) is 0 Å². The Morgan fingerprint density at radius 2 is 1.58 bits per heavy atom. The Kier molecular flexibility index (Phi) is 6.68. The number of hydrogen-bond acceptors (Lipinski definition) is 6. The number of benzene rings is 3. The number of para-hydroxylation sites is 2. The maximum Gasteiger partial charge on any atom is 0.338 e. The monoisotopic (exact) mass is 440 g/mol. The number of anilines is 1. The van der Waals surface area contributed by atoms with Crippen LogP contribution in [-0.4, -0.2) is 26.9 Å². The lowest BCUT2D eigenvalue weighted by Gasteiger charge is -2.12. The zero-order chi connectivity index (χ0) is 22.4. The minimum Gasteiger partial charge on any atom is -0.455 e. The van der Waals surface area contributed by atoms with Crippen LogP contribution in [0.5, 0.6) is 11.5 Å². The molecule has 31 heavy (non-hydrogen) atoms. The number of primary sulfonamides is 1. The van der Waals surface area contributed by atoms with Crippen molar-refractivity contribution in [3.05, 3.63) is 83.9 Å². The molecule has 0 aliphatic carbocycles. The van der Waals surface area contributed by atoms with Crippen molar-refractivity contribution >= 4 is 27.6 Å². The van der Waals surface area contributed by atoms with Crippen molar-refractivity contribution in [2.75, 3.05) is 11.9 Å². The lowest BCUT2D eigenvalue weighted by Crippen LogP contribution is -2.21. The lowest BCUT2D eigenvalue weighted by molar-refractivity contribution is -0.119. The molecule has 0 aromatic heterocycles. The molecule has 0 heterocycles. The summed E-state index contributed by atoms with van der Waals surface area (Å²) in [6.45, 7) is 1.43. The molecular formula is C22H20N2O6S. The highest BCUT2D eigenvalue weighted by atomic mass is 32.2. The average molecular weight is 440 g/mol. The minimum absolute atomic E-state index is 0.0864. The van der Waals surface area contributed by atoms with Crippen LogP contribution in [0.1, 0.15) is 15.9 Å². The van der Waals surface area contributed by atoms with Gasteiger partial charge in [-0.15, -0.1) is 0 Å². The summed E-state index contributed by atoms with van der Waals surface area (Å²) < 4.78 is 33.3. The van der Waals surface area contributed by atoms with Gasteiger partial charge in [0, 0.05) is 0 Å². The highest BCUT2D eigenvalue weighted by Gasteiger charge is 2.14. The Morgan fingerprint density at radius 1 is 0.935 bits per heavy atom. The first-order valence-electron chi connectivity index (χ1n) is 9.16. The van der Waals surface area contributed by atoms with Crippen molar-refractivity contribution in [3.63, 3.8) is 0 Å². The molecule has 0 radical (unpaired) electrons. The summed E-state index contributed by atoms with van der Waals surface area (Å²) in [6.07, 6.45) is 0. The molecule has 3 aromatic carbocycles. The second-order valence-electron chi connectivity index (χ2n) is 6.60. The second kappa shape index (κ2) is 9.41. The molecular weight excluding hydrogens is 420 g/mol. The summed E-state index contributed by atoms with van der Waals surface area (Å²) in [5.74, 6) is -0.291. The molecule has 160 valence electrons. The topological polar surface area (TPSA) is 125 Å². The van der Waals surface area contributed by atoms with E-state index in [-0.39, 0.29) is 10.5 Å². The van der Waals surface area contributed by atoms with Crippen LogP contribution in [0.3, 0.4) is 0 Å². The number of nitrogens with one attached hydrogen (secondary N) is 1. The van der Waals surface area contributed by atoms with Gasteiger partial charge in [0.2, 0.25) is 10.0 Å². The predicted molar refractivity (Wildman–Crippen MR) is 114 cm³/mol. The first-order valence-corrected chi connectivity index (χ1v) is 10.7. The number of carbonyl (C=O) groups excluding carboxylic acids is 2. The molecule has 8 nitrogen and oxygen atoms in total. The lowest BCUT2D eigenvalue weighted by atomic mass is 10.2. The molecule has 0 spiro atoms. The Hall–Kier alpha value is -3.69. The van der Waals surface area contributed by atoms with Gasteiger partial charge in [-0.25, -0.2) is 18.4 Å². The predicted octanol–water partition coefficient (Wildman–Crippen LogP) is 3.23. The van der Waals surface area contributed by atoms with E-state index >= 15 is 0 Å². The van der Waals surface area contributed by atoms with Crippen molar-refractivity contribution in [1.29, 1.82) is 0 Å². The number of sulfonamides is 1. The molecule has 0 saturated heterocycles. The van der Waals surface area contributed by atoms with Gasteiger partial charge >= 0.3 is 5.97 Å². The molecule has 0 aliphatic heterocycles. The molecule has 3 rings (SSSR count). The molecule has 3 aromatic rings. The van der Waals surface area contributed by atoms with Gasteiger partial charge in [-0.05, 0) is 55.5 Å². The first kappa shape index (κ1) is 22.0. The number of esters is 1. The summed E-state index contributed by atoms with van der Waals surface area (Å²) in [6, 6.07) is 19.2. The Balaban J connectivity index is 1.60. The van der Waals surface area contributed by atoms with Crippen molar-refractivity contribution in [2.45, 2.75) is 11.8 Å². The average Bonchev–Trinajstić information content (AvgIpc) is 2.74. The van der Waals surface area contributed by atoms with E-state index in [1.54, 1.807) is 24.3 Å². The van der Waals surface area contributed by atoms with Crippen LogP contribution in [0, 0.1) is 6.92 Å². The Bertz CT molecular complexity index is 1190. The van der Waals surface area contributed by atoms with Crippen LogP contribution in [0.25, 0.3) is 0 Å². The third kappa shape index (κ3) is 6.14. The molecule has 9 heteroatoms. The SMILES string of the molecule is Cc1ccc(Oc2ccccc2NC(=O)COC(=O)c2ccc(S(N)(=O)=O)cc2)cc1. The summed E-state index contributed by atoms with van der Waals surface area (Å²) in [5, 5.41) is 7.66.